The number of halogens is 1. The Morgan fingerprint density at radius 3 is 2.47 bits per heavy atom. The van der Waals surface area contributed by atoms with Crippen molar-refractivity contribution < 1.29 is 8.42 Å². The Hall–Kier alpha value is -0.760. The Labute approximate surface area is 125 Å². The molecule has 0 amide bonds. The molecule has 1 atom stereocenters. The molecular weight excluding hydrogens is 348 g/mol. The number of sulfonamides is 1. The Morgan fingerprint density at radius 1 is 1.32 bits per heavy atom. The Kier molecular flexibility index (Phi) is 4.39. The van der Waals surface area contributed by atoms with Gasteiger partial charge in [0.2, 0.25) is 10.0 Å². The van der Waals surface area contributed by atoms with E-state index in [1.165, 1.54) is 11.3 Å². The van der Waals surface area contributed by atoms with Gasteiger partial charge in [-0.1, -0.05) is 15.9 Å². The minimum atomic E-state index is -3.52. The summed E-state index contributed by atoms with van der Waals surface area (Å²) in [6, 6.07) is 6.19. The van der Waals surface area contributed by atoms with Gasteiger partial charge in [-0.15, -0.1) is 11.3 Å². The maximum atomic E-state index is 12.2. The number of aryl methyl sites for hydroxylation is 1. The van der Waals surface area contributed by atoms with Gasteiger partial charge in [-0.2, -0.15) is 0 Å². The lowest BCUT2D eigenvalue weighted by Crippen LogP contribution is -2.26. The fourth-order valence-electron chi connectivity index (χ4n) is 1.54. The van der Waals surface area contributed by atoms with E-state index in [1.54, 1.807) is 31.2 Å². The van der Waals surface area contributed by atoms with Crippen molar-refractivity contribution in [2.24, 2.45) is 0 Å². The maximum absolute atomic E-state index is 12.2. The van der Waals surface area contributed by atoms with Crippen LogP contribution < -0.4 is 4.72 Å². The highest BCUT2D eigenvalue weighted by molar-refractivity contribution is 9.10. The van der Waals surface area contributed by atoms with E-state index in [4.69, 9.17) is 0 Å². The summed E-state index contributed by atoms with van der Waals surface area (Å²) in [5.41, 5.74) is 0.898. The van der Waals surface area contributed by atoms with Crippen LogP contribution in [0.25, 0.3) is 0 Å². The first-order valence-electron chi connectivity index (χ1n) is 5.58. The third-order valence-corrected chi connectivity index (χ3v) is 5.69. The molecule has 0 bridgehead atoms. The minimum Gasteiger partial charge on any atom is -0.245 e. The third kappa shape index (κ3) is 3.62. The maximum Gasteiger partial charge on any atom is 0.241 e. The van der Waals surface area contributed by atoms with Gasteiger partial charge in [0.05, 0.1) is 10.9 Å². The summed E-state index contributed by atoms with van der Waals surface area (Å²) in [5, 5.41) is 2.66. The number of nitrogens with zero attached hydrogens (tertiary/aromatic N) is 1. The van der Waals surface area contributed by atoms with Crippen LogP contribution in [0.1, 0.15) is 23.7 Å². The number of benzene rings is 1. The summed E-state index contributed by atoms with van der Waals surface area (Å²) in [6.45, 7) is 3.67. The van der Waals surface area contributed by atoms with Crippen LogP contribution in [-0.4, -0.2) is 13.4 Å². The summed E-state index contributed by atoms with van der Waals surface area (Å²) in [4.78, 5) is 4.53. The molecule has 19 heavy (non-hydrogen) atoms. The highest BCUT2D eigenvalue weighted by Gasteiger charge is 2.19. The minimum absolute atomic E-state index is 0.246. The number of nitrogens with one attached hydrogen (secondary N) is 1. The van der Waals surface area contributed by atoms with Crippen LogP contribution >= 0.6 is 27.3 Å². The van der Waals surface area contributed by atoms with E-state index in [9.17, 15) is 8.42 Å². The largest absolute Gasteiger partial charge is 0.245 e. The fourth-order valence-corrected chi connectivity index (χ4v) is 3.89. The van der Waals surface area contributed by atoms with Crippen molar-refractivity contribution in [2.75, 3.05) is 0 Å². The molecule has 1 aromatic carbocycles. The number of hydrogen-bond donors (Lipinski definition) is 1. The van der Waals surface area contributed by atoms with Crippen molar-refractivity contribution in [1.82, 2.24) is 9.71 Å². The van der Waals surface area contributed by atoms with E-state index < -0.39 is 10.0 Å². The predicted molar refractivity (Wildman–Crippen MR) is 79.7 cm³/mol. The molecule has 0 aliphatic carbocycles. The summed E-state index contributed by atoms with van der Waals surface area (Å²) >= 11 is 4.73. The smallest absolute Gasteiger partial charge is 0.241 e. The lowest BCUT2D eigenvalue weighted by molar-refractivity contribution is 0.566. The normalized spacial score (nSPS) is 13.4. The zero-order valence-corrected chi connectivity index (χ0v) is 13.6. The van der Waals surface area contributed by atoms with Gasteiger partial charge in [0, 0.05) is 15.5 Å². The van der Waals surface area contributed by atoms with Crippen LogP contribution in [0.4, 0.5) is 0 Å². The Balaban J connectivity index is 2.19. The van der Waals surface area contributed by atoms with Gasteiger partial charge < -0.3 is 0 Å². The molecule has 0 saturated carbocycles. The van der Waals surface area contributed by atoms with Gasteiger partial charge in [-0.3, -0.25) is 0 Å². The van der Waals surface area contributed by atoms with Crippen LogP contribution in [-0.2, 0) is 10.0 Å². The van der Waals surface area contributed by atoms with Gasteiger partial charge in [0.15, 0.2) is 0 Å². The SMILES string of the molecule is Cc1csc(C(C)NS(=O)(=O)c2ccc(Br)cc2)n1. The molecule has 2 aromatic rings. The fraction of sp³-hybridized carbons (Fsp3) is 0.250. The van der Waals surface area contributed by atoms with Crippen LogP contribution in [0, 0.1) is 6.92 Å². The van der Waals surface area contributed by atoms with Crippen molar-refractivity contribution in [2.45, 2.75) is 24.8 Å². The first-order valence-corrected chi connectivity index (χ1v) is 8.74. The molecule has 7 heteroatoms. The molecule has 0 aliphatic heterocycles. The van der Waals surface area contributed by atoms with E-state index >= 15 is 0 Å². The third-order valence-electron chi connectivity index (χ3n) is 2.46. The van der Waals surface area contributed by atoms with E-state index in [0.717, 1.165) is 15.2 Å². The van der Waals surface area contributed by atoms with Crippen molar-refractivity contribution in [3.63, 3.8) is 0 Å². The molecule has 4 nitrogen and oxygen atoms in total. The molecule has 1 aromatic heterocycles. The summed E-state index contributed by atoms with van der Waals surface area (Å²) in [5.74, 6) is 0. The second kappa shape index (κ2) is 5.70. The van der Waals surface area contributed by atoms with Gasteiger partial charge in [-0.05, 0) is 38.1 Å². The molecule has 102 valence electrons. The zero-order valence-electron chi connectivity index (χ0n) is 10.4. The van der Waals surface area contributed by atoms with Crippen LogP contribution in [0.5, 0.6) is 0 Å². The lowest BCUT2D eigenvalue weighted by atomic mass is 10.4. The molecule has 0 aliphatic rings. The second-order valence-corrected chi connectivity index (χ2v) is 7.64. The van der Waals surface area contributed by atoms with Crippen LogP contribution in [0.15, 0.2) is 39.0 Å². The van der Waals surface area contributed by atoms with Gasteiger partial charge >= 0.3 is 0 Å². The number of rotatable bonds is 4. The van der Waals surface area contributed by atoms with Crippen molar-refractivity contribution in [3.05, 3.63) is 44.8 Å². The molecular formula is C12H13BrN2O2S2. The lowest BCUT2D eigenvalue weighted by Gasteiger charge is -2.12. The highest BCUT2D eigenvalue weighted by atomic mass is 79.9. The average molecular weight is 361 g/mol. The molecule has 0 saturated heterocycles. The van der Waals surface area contributed by atoms with E-state index in [0.29, 0.717) is 0 Å². The van der Waals surface area contributed by atoms with E-state index in [2.05, 4.69) is 25.6 Å². The quantitative estimate of drug-likeness (QED) is 0.910. The Bertz CT molecular complexity index is 665. The number of aromatic nitrogens is 1. The van der Waals surface area contributed by atoms with Crippen molar-refractivity contribution >= 4 is 37.3 Å². The number of thiazole rings is 1. The molecule has 2 rings (SSSR count). The summed E-state index contributed by atoms with van der Waals surface area (Å²) < 4.78 is 27.8. The standard InChI is InChI=1S/C12H13BrN2O2S2/c1-8-7-18-12(14-8)9(2)15-19(16,17)11-5-3-10(13)4-6-11/h3-7,9,15H,1-2H3. The molecule has 0 radical (unpaired) electrons. The van der Waals surface area contributed by atoms with Gasteiger partial charge in [-0.25, -0.2) is 18.1 Å². The van der Waals surface area contributed by atoms with Crippen LogP contribution in [0.2, 0.25) is 0 Å². The molecule has 0 spiro atoms. The Morgan fingerprint density at radius 2 is 1.95 bits per heavy atom. The molecule has 1 unspecified atom stereocenters. The van der Waals surface area contributed by atoms with Crippen molar-refractivity contribution in [1.29, 1.82) is 0 Å². The zero-order chi connectivity index (χ0) is 14.0. The van der Waals surface area contributed by atoms with E-state index in [-0.39, 0.29) is 10.9 Å². The predicted octanol–water partition coefficient (Wildman–Crippen LogP) is 3.25. The highest BCUT2D eigenvalue weighted by Crippen LogP contribution is 2.21. The molecule has 1 heterocycles. The molecule has 1 N–H and O–H groups in total. The van der Waals surface area contributed by atoms with Crippen molar-refractivity contribution in [3.8, 4) is 0 Å². The summed E-state index contributed by atoms with van der Waals surface area (Å²) in [7, 11) is -3.52. The summed E-state index contributed by atoms with van der Waals surface area (Å²) in [6.07, 6.45) is 0. The second-order valence-electron chi connectivity index (χ2n) is 4.12. The topological polar surface area (TPSA) is 59.1 Å². The van der Waals surface area contributed by atoms with Gasteiger partial charge in [0.25, 0.3) is 0 Å². The van der Waals surface area contributed by atoms with Crippen LogP contribution in [0.3, 0.4) is 0 Å². The monoisotopic (exact) mass is 360 g/mol. The molecule has 0 fully saturated rings. The average Bonchev–Trinajstić information content (AvgIpc) is 2.76. The van der Waals surface area contributed by atoms with Gasteiger partial charge in [0.1, 0.15) is 5.01 Å². The first kappa shape index (κ1) is 14.6. The van der Waals surface area contributed by atoms with E-state index in [1.807, 2.05) is 12.3 Å². The first-order chi connectivity index (χ1) is 8.88. The number of hydrogen-bond acceptors (Lipinski definition) is 4.